The number of methoxy groups -OCH3 is 1. The zero-order chi connectivity index (χ0) is 28.3. The molecule has 1 aliphatic rings. The van der Waals surface area contributed by atoms with E-state index < -0.39 is 15.1 Å². The fourth-order valence-corrected chi connectivity index (χ4v) is 6.05. The summed E-state index contributed by atoms with van der Waals surface area (Å²) in [5.41, 5.74) is 2.81. The van der Waals surface area contributed by atoms with Gasteiger partial charge in [-0.15, -0.1) is 0 Å². The number of sulfone groups is 1. The summed E-state index contributed by atoms with van der Waals surface area (Å²) in [5, 5.41) is 5.93. The van der Waals surface area contributed by atoms with E-state index in [1.54, 1.807) is 45.2 Å². The Morgan fingerprint density at radius 2 is 1.85 bits per heavy atom. The first-order valence-electron chi connectivity index (χ1n) is 12.4. The highest BCUT2D eigenvalue weighted by Crippen LogP contribution is 2.39. The summed E-state index contributed by atoms with van der Waals surface area (Å²) in [6.07, 6.45) is 3.09. The van der Waals surface area contributed by atoms with Crippen LogP contribution in [0.3, 0.4) is 0 Å². The monoisotopic (exact) mass is 634 g/mol. The van der Waals surface area contributed by atoms with Gasteiger partial charge in [0, 0.05) is 36.7 Å². The number of nitrogens with one attached hydrogen (secondary N) is 2. The van der Waals surface area contributed by atoms with Crippen molar-refractivity contribution in [3.8, 4) is 5.75 Å². The van der Waals surface area contributed by atoms with Gasteiger partial charge in [-0.25, -0.2) is 13.4 Å². The second kappa shape index (κ2) is 12.1. The van der Waals surface area contributed by atoms with Crippen molar-refractivity contribution < 1.29 is 13.2 Å². The van der Waals surface area contributed by atoms with Crippen molar-refractivity contribution in [1.82, 2.24) is 14.9 Å². The van der Waals surface area contributed by atoms with Crippen LogP contribution in [-0.2, 0) is 9.84 Å². The maximum absolute atomic E-state index is 13.0. The van der Waals surface area contributed by atoms with Crippen molar-refractivity contribution in [1.29, 1.82) is 0 Å². The van der Waals surface area contributed by atoms with E-state index in [0.717, 1.165) is 41.9 Å². The normalized spacial score (nSPS) is 14.4. The molecule has 0 amide bonds. The van der Waals surface area contributed by atoms with Gasteiger partial charge in [-0.3, -0.25) is 0 Å². The van der Waals surface area contributed by atoms with E-state index in [1.165, 1.54) is 6.20 Å². The van der Waals surface area contributed by atoms with Gasteiger partial charge in [0.15, 0.2) is 15.7 Å². The lowest BCUT2D eigenvalue weighted by molar-refractivity contribution is 0.312. The summed E-state index contributed by atoms with van der Waals surface area (Å²) in [4.78, 5) is 13.6. The third-order valence-corrected chi connectivity index (χ3v) is 9.65. The Bertz CT molecular complexity index is 1480. The Morgan fingerprint density at radius 1 is 1.13 bits per heavy atom. The van der Waals surface area contributed by atoms with Gasteiger partial charge in [0.1, 0.15) is 10.8 Å². The van der Waals surface area contributed by atoms with E-state index in [4.69, 9.17) is 16.3 Å². The number of hydrogen-bond acceptors (Lipinski definition) is 9. The molecule has 0 radical (unpaired) electrons. The lowest BCUT2D eigenvalue weighted by atomic mass is 10.2. The largest absolute Gasteiger partial charge is 0.494 e. The molecule has 1 aliphatic heterocycles. The smallest absolute Gasteiger partial charge is 0.229 e. The molecule has 2 aromatic carbocycles. The number of benzene rings is 2. The van der Waals surface area contributed by atoms with Crippen LogP contribution in [0.4, 0.5) is 28.8 Å². The predicted octanol–water partition coefficient (Wildman–Crippen LogP) is 5.97. The molecule has 208 valence electrons. The minimum atomic E-state index is -3.58. The molecule has 2 N–H and O–H groups in total. The van der Waals surface area contributed by atoms with E-state index in [-0.39, 0.29) is 21.7 Å². The third kappa shape index (κ3) is 6.49. The number of piperazine rings is 1. The van der Waals surface area contributed by atoms with Gasteiger partial charge in [-0.2, -0.15) is 4.98 Å². The highest BCUT2D eigenvalue weighted by molar-refractivity contribution is 9.10. The van der Waals surface area contributed by atoms with E-state index >= 15 is 0 Å². The Kier molecular flexibility index (Phi) is 9.05. The first-order chi connectivity index (χ1) is 18.5. The summed E-state index contributed by atoms with van der Waals surface area (Å²) >= 11 is 10.1. The number of rotatable bonds is 9. The van der Waals surface area contributed by atoms with Gasteiger partial charge >= 0.3 is 0 Å². The van der Waals surface area contributed by atoms with Crippen molar-refractivity contribution >= 4 is 72.3 Å². The fourth-order valence-electron chi connectivity index (χ4n) is 4.14. The van der Waals surface area contributed by atoms with Crippen molar-refractivity contribution in [3.05, 3.63) is 58.2 Å². The van der Waals surface area contributed by atoms with E-state index in [9.17, 15) is 8.42 Å². The van der Waals surface area contributed by atoms with E-state index in [0.29, 0.717) is 17.1 Å². The van der Waals surface area contributed by atoms with E-state index in [1.807, 2.05) is 12.1 Å². The molecule has 1 saturated heterocycles. The van der Waals surface area contributed by atoms with Gasteiger partial charge in [0.25, 0.3) is 0 Å². The molecule has 0 spiro atoms. The standard InChI is InChI=1S/C27H32BrClN6O3S/c1-6-18-7-8-25(39(36,37)17(2)3)22(13-18)31-26-20(29)16-30-27(33-26)32-21-14-19(28)23(15-24(21)38-5)35-11-9-34(4)10-12-35/h6-8,13-17H,1,9-12H2,2-5H3,(H2,30,31,32,33). The van der Waals surface area contributed by atoms with Crippen LogP contribution in [0.2, 0.25) is 5.02 Å². The van der Waals surface area contributed by atoms with Crippen LogP contribution < -0.4 is 20.3 Å². The molecule has 0 aliphatic carbocycles. The molecular formula is C27H32BrClN6O3S. The van der Waals surface area contributed by atoms with Gasteiger partial charge < -0.3 is 25.2 Å². The molecule has 0 atom stereocenters. The predicted molar refractivity (Wildman–Crippen MR) is 163 cm³/mol. The topological polar surface area (TPSA) is 99.7 Å². The lowest BCUT2D eigenvalue weighted by Gasteiger charge is -2.35. The van der Waals surface area contributed by atoms with E-state index in [2.05, 4.69) is 60.0 Å². The number of anilines is 5. The van der Waals surface area contributed by atoms with Crippen LogP contribution in [0.1, 0.15) is 19.4 Å². The molecule has 9 nitrogen and oxygen atoms in total. The number of nitrogens with zero attached hydrogens (tertiary/aromatic N) is 4. The zero-order valence-corrected chi connectivity index (χ0v) is 25.5. The van der Waals surface area contributed by atoms with Crippen molar-refractivity contribution in [2.24, 2.45) is 0 Å². The van der Waals surface area contributed by atoms with Crippen LogP contribution in [0.5, 0.6) is 5.75 Å². The number of halogens is 2. The Hall–Kier alpha value is -2.86. The molecule has 0 bridgehead atoms. The van der Waals surface area contributed by atoms with Crippen LogP contribution in [-0.4, -0.2) is 68.9 Å². The maximum Gasteiger partial charge on any atom is 0.229 e. The molecule has 2 heterocycles. The second-order valence-corrected chi connectivity index (χ2v) is 13.2. The van der Waals surface area contributed by atoms with Gasteiger partial charge in [0.2, 0.25) is 5.95 Å². The second-order valence-electron chi connectivity index (χ2n) is 9.49. The SMILES string of the molecule is C=Cc1ccc(S(=O)(=O)C(C)C)c(Nc2nc(Nc3cc(Br)c(N4CCN(C)CC4)cc3OC)ncc2Cl)c1. The number of aromatic nitrogens is 2. The van der Waals surface area contributed by atoms with Crippen molar-refractivity contribution in [2.75, 3.05) is 55.9 Å². The summed E-state index contributed by atoms with van der Waals surface area (Å²) in [6, 6.07) is 8.88. The highest BCUT2D eigenvalue weighted by atomic mass is 79.9. The van der Waals surface area contributed by atoms with Crippen molar-refractivity contribution in [2.45, 2.75) is 24.0 Å². The highest BCUT2D eigenvalue weighted by Gasteiger charge is 2.24. The number of likely N-dealkylation sites (N-methyl/N-ethyl adjacent to an activating group) is 1. The Labute approximate surface area is 243 Å². The van der Waals surface area contributed by atoms with Crippen LogP contribution in [0.15, 0.2) is 52.5 Å². The zero-order valence-electron chi connectivity index (χ0n) is 22.3. The quantitative estimate of drug-likeness (QED) is 0.295. The minimum absolute atomic E-state index is 0.150. The molecule has 39 heavy (non-hydrogen) atoms. The van der Waals surface area contributed by atoms with Crippen molar-refractivity contribution in [3.63, 3.8) is 0 Å². The molecule has 0 unspecified atom stereocenters. The minimum Gasteiger partial charge on any atom is -0.494 e. The Balaban J connectivity index is 1.65. The molecule has 1 fully saturated rings. The molecular weight excluding hydrogens is 604 g/mol. The summed E-state index contributed by atoms with van der Waals surface area (Å²) < 4.78 is 32.6. The molecule has 4 rings (SSSR count). The average molecular weight is 636 g/mol. The summed E-state index contributed by atoms with van der Waals surface area (Å²) in [5.74, 6) is 1.14. The molecule has 1 aromatic heterocycles. The first kappa shape index (κ1) is 29.1. The molecule has 3 aromatic rings. The lowest BCUT2D eigenvalue weighted by Crippen LogP contribution is -2.44. The Morgan fingerprint density at radius 3 is 2.49 bits per heavy atom. The van der Waals surface area contributed by atoms with Gasteiger partial charge in [-0.1, -0.05) is 30.3 Å². The third-order valence-electron chi connectivity index (χ3n) is 6.52. The van der Waals surface area contributed by atoms with Gasteiger partial charge in [0.05, 0.1) is 40.5 Å². The number of hydrogen-bond donors (Lipinski definition) is 2. The summed E-state index contributed by atoms with van der Waals surface area (Å²) in [6.45, 7) is 10.9. The fraction of sp³-hybridized carbons (Fsp3) is 0.333. The molecule has 12 heteroatoms. The molecule has 0 saturated carbocycles. The maximum atomic E-state index is 13.0. The van der Waals surface area contributed by atoms with Crippen LogP contribution in [0.25, 0.3) is 6.08 Å². The summed E-state index contributed by atoms with van der Waals surface area (Å²) in [7, 11) is 0.151. The van der Waals surface area contributed by atoms with Crippen LogP contribution >= 0.6 is 27.5 Å². The average Bonchev–Trinajstić information content (AvgIpc) is 2.91. The van der Waals surface area contributed by atoms with Gasteiger partial charge in [-0.05, 0) is 60.6 Å². The number of ether oxygens (including phenoxy) is 1. The van der Waals surface area contributed by atoms with Crippen LogP contribution in [0, 0.1) is 0 Å². The first-order valence-corrected chi connectivity index (χ1v) is 15.1.